The highest BCUT2D eigenvalue weighted by atomic mass is 32.1. The summed E-state index contributed by atoms with van der Waals surface area (Å²) >= 11 is 1.46. The molecule has 0 aliphatic heterocycles. The monoisotopic (exact) mass is 174 g/mol. The Bertz CT molecular complexity index is 165. The summed E-state index contributed by atoms with van der Waals surface area (Å²) in [4.78, 5) is 0.859. The van der Waals surface area contributed by atoms with Crippen molar-refractivity contribution in [2.75, 3.05) is 0 Å². The molecule has 1 aromatic heterocycles. The molecular formula is C8H14O2S. The van der Waals surface area contributed by atoms with E-state index in [0.717, 1.165) is 10.4 Å². The van der Waals surface area contributed by atoms with Crippen LogP contribution in [-0.4, -0.2) is 10.2 Å². The van der Waals surface area contributed by atoms with Crippen molar-refractivity contribution >= 4 is 11.3 Å². The minimum Gasteiger partial charge on any atom is -0.392 e. The topological polar surface area (TPSA) is 40.5 Å². The lowest BCUT2D eigenvalue weighted by molar-refractivity contribution is 0.263. The second kappa shape index (κ2) is 6.34. The van der Waals surface area contributed by atoms with Crippen LogP contribution in [0.4, 0.5) is 0 Å². The van der Waals surface area contributed by atoms with Crippen molar-refractivity contribution in [3.8, 4) is 0 Å². The number of aliphatic hydroxyl groups excluding tert-OH is 2. The van der Waals surface area contributed by atoms with E-state index < -0.39 is 0 Å². The van der Waals surface area contributed by atoms with Gasteiger partial charge in [0.25, 0.3) is 0 Å². The molecule has 0 saturated heterocycles. The Hall–Kier alpha value is -0.380. The number of thiophene rings is 1. The average molecular weight is 174 g/mol. The number of aliphatic hydroxyl groups is 2. The molecule has 0 aromatic carbocycles. The minimum atomic E-state index is 0.0272. The van der Waals surface area contributed by atoms with Crippen LogP contribution in [-0.2, 0) is 13.2 Å². The Morgan fingerprint density at radius 1 is 1.27 bits per heavy atom. The molecule has 0 unspecified atom stereocenters. The van der Waals surface area contributed by atoms with E-state index in [1.165, 1.54) is 11.3 Å². The van der Waals surface area contributed by atoms with E-state index in [0.29, 0.717) is 0 Å². The molecular weight excluding hydrogens is 160 g/mol. The van der Waals surface area contributed by atoms with Crippen LogP contribution in [0.5, 0.6) is 0 Å². The highest BCUT2D eigenvalue weighted by molar-refractivity contribution is 7.10. The van der Waals surface area contributed by atoms with Crippen LogP contribution in [0, 0.1) is 0 Å². The Morgan fingerprint density at radius 2 is 1.91 bits per heavy atom. The molecule has 0 aliphatic rings. The highest BCUT2D eigenvalue weighted by Crippen LogP contribution is 2.15. The third-order valence-electron chi connectivity index (χ3n) is 1.15. The zero-order valence-corrected chi connectivity index (χ0v) is 7.69. The predicted molar refractivity (Wildman–Crippen MR) is 47.5 cm³/mol. The summed E-state index contributed by atoms with van der Waals surface area (Å²) < 4.78 is 0. The zero-order chi connectivity index (χ0) is 8.69. The molecule has 0 atom stereocenters. The summed E-state index contributed by atoms with van der Waals surface area (Å²) in [6.45, 7) is 4.06. The molecule has 1 rings (SSSR count). The first-order valence-corrected chi connectivity index (χ1v) is 4.53. The normalized spacial score (nSPS) is 8.73. The van der Waals surface area contributed by atoms with Gasteiger partial charge < -0.3 is 10.2 Å². The molecule has 2 N–H and O–H groups in total. The minimum absolute atomic E-state index is 0.0272. The van der Waals surface area contributed by atoms with Gasteiger partial charge >= 0.3 is 0 Å². The van der Waals surface area contributed by atoms with Gasteiger partial charge in [-0.3, -0.25) is 0 Å². The summed E-state index contributed by atoms with van der Waals surface area (Å²) in [5.74, 6) is 0. The van der Waals surface area contributed by atoms with Crippen molar-refractivity contribution in [3.05, 3.63) is 21.9 Å². The lowest BCUT2D eigenvalue weighted by atomic mass is 10.3. The fraction of sp³-hybridized carbons (Fsp3) is 0.500. The summed E-state index contributed by atoms with van der Waals surface area (Å²) in [5.41, 5.74) is 0.836. The van der Waals surface area contributed by atoms with Gasteiger partial charge in [0.2, 0.25) is 0 Å². The molecule has 0 radical (unpaired) electrons. The highest BCUT2D eigenvalue weighted by Gasteiger charge is 1.98. The SMILES string of the molecule is CC.OCc1ccsc1CO. The van der Waals surface area contributed by atoms with E-state index in [-0.39, 0.29) is 13.2 Å². The third kappa shape index (κ3) is 3.01. The van der Waals surface area contributed by atoms with Crippen molar-refractivity contribution in [2.24, 2.45) is 0 Å². The maximum Gasteiger partial charge on any atom is 0.0778 e. The van der Waals surface area contributed by atoms with Crippen molar-refractivity contribution < 1.29 is 10.2 Å². The first-order valence-electron chi connectivity index (χ1n) is 3.65. The number of rotatable bonds is 2. The summed E-state index contributed by atoms with van der Waals surface area (Å²) in [6.07, 6.45) is 0. The molecule has 11 heavy (non-hydrogen) atoms. The Kier molecular flexibility index (Phi) is 6.12. The standard InChI is InChI=1S/C6H8O2S.C2H6/c7-3-5-1-2-9-6(5)4-8;1-2/h1-2,7-8H,3-4H2;1-2H3. The van der Waals surface area contributed by atoms with E-state index in [2.05, 4.69) is 0 Å². The molecule has 1 aromatic rings. The van der Waals surface area contributed by atoms with E-state index >= 15 is 0 Å². The largest absolute Gasteiger partial charge is 0.392 e. The molecule has 3 heteroatoms. The zero-order valence-electron chi connectivity index (χ0n) is 6.87. The Labute approximate surface area is 71.1 Å². The van der Waals surface area contributed by atoms with Gasteiger partial charge in [0.05, 0.1) is 13.2 Å². The third-order valence-corrected chi connectivity index (χ3v) is 2.10. The van der Waals surface area contributed by atoms with E-state index in [1.54, 1.807) is 0 Å². The fourth-order valence-electron chi connectivity index (χ4n) is 0.647. The summed E-state index contributed by atoms with van der Waals surface area (Å²) in [6, 6.07) is 1.82. The molecule has 0 fully saturated rings. The van der Waals surface area contributed by atoms with Crippen molar-refractivity contribution in [3.63, 3.8) is 0 Å². The molecule has 0 spiro atoms. The van der Waals surface area contributed by atoms with Gasteiger partial charge in [-0.1, -0.05) is 13.8 Å². The van der Waals surface area contributed by atoms with E-state index in [1.807, 2.05) is 25.3 Å². The van der Waals surface area contributed by atoms with Crippen LogP contribution < -0.4 is 0 Å². The van der Waals surface area contributed by atoms with E-state index in [9.17, 15) is 0 Å². The van der Waals surface area contributed by atoms with Crippen LogP contribution in [0.2, 0.25) is 0 Å². The first kappa shape index (κ1) is 10.6. The van der Waals surface area contributed by atoms with Gasteiger partial charge in [-0.25, -0.2) is 0 Å². The van der Waals surface area contributed by atoms with Gasteiger partial charge in [-0.2, -0.15) is 0 Å². The van der Waals surface area contributed by atoms with E-state index in [4.69, 9.17) is 10.2 Å². The van der Waals surface area contributed by atoms with Crippen LogP contribution in [0.25, 0.3) is 0 Å². The quantitative estimate of drug-likeness (QED) is 0.717. The Balaban J connectivity index is 0.000000461. The summed E-state index contributed by atoms with van der Waals surface area (Å²) in [5, 5.41) is 19.1. The van der Waals surface area contributed by atoms with Crippen LogP contribution >= 0.6 is 11.3 Å². The smallest absolute Gasteiger partial charge is 0.0778 e. The summed E-state index contributed by atoms with van der Waals surface area (Å²) in [7, 11) is 0. The fourth-order valence-corrected chi connectivity index (χ4v) is 1.40. The molecule has 0 bridgehead atoms. The van der Waals surface area contributed by atoms with Gasteiger partial charge in [0.1, 0.15) is 0 Å². The van der Waals surface area contributed by atoms with Crippen LogP contribution in [0.15, 0.2) is 11.4 Å². The van der Waals surface area contributed by atoms with Crippen molar-refractivity contribution in [1.29, 1.82) is 0 Å². The van der Waals surface area contributed by atoms with Gasteiger partial charge in [0, 0.05) is 4.88 Å². The predicted octanol–water partition coefficient (Wildman–Crippen LogP) is 1.76. The molecule has 0 amide bonds. The number of hydrogen-bond acceptors (Lipinski definition) is 3. The lowest BCUT2D eigenvalue weighted by Gasteiger charge is -1.92. The molecule has 64 valence electrons. The van der Waals surface area contributed by atoms with Crippen molar-refractivity contribution in [1.82, 2.24) is 0 Å². The van der Waals surface area contributed by atoms with Gasteiger partial charge in [-0.15, -0.1) is 11.3 Å². The lowest BCUT2D eigenvalue weighted by Crippen LogP contribution is -1.85. The molecule has 0 saturated carbocycles. The molecule has 2 nitrogen and oxygen atoms in total. The molecule has 0 aliphatic carbocycles. The maximum absolute atomic E-state index is 8.64. The van der Waals surface area contributed by atoms with Crippen LogP contribution in [0.1, 0.15) is 24.3 Å². The van der Waals surface area contributed by atoms with Gasteiger partial charge in [-0.05, 0) is 17.0 Å². The van der Waals surface area contributed by atoms with Crippen LogP contribution in [0.3, 0.4) is 0 Å². The molecule has 1 heterocycles. The number of hydrogen-bond donors (Lipinski definition) is 2. The average Bonchev–Trinajstić information content (AvgIpc) is 2.54. The first-order chi connectivity index (χ1) is 5.38. The maximum atomic E-state index is 8.64. The Morgan fingerprint density at radius 3 is 2.27 bits per heavy atom. The second-order valence-corrected chi connectivity index (χ2v) is 2.69. The van der Waals surface area contributed by atoms with Crippen molar-refractivity contribution in [2.45, 2.75) is 27.1 Å². The van der Waals surface area contributed by atoms with Gasteiger partial charge in [0.15, 0.2) is 0 Å². The second-order valence-electron chi connectivity index (χ2n) is 1.69.